The fourth-order valence-corrected chi connectivity index (χ4v) is 3.61. The predicted octanol–water partition coefficient (Wildman–Crippen LogP) is 5.30. The van der Waals surface area contributed by atoms with Gasteiger partial charge in [0.2, 0.25) is 0 Å². The van der Waals surface area contributed by atoms with Crippen LogP contribution in [-0.4, -0.2) is 51.3 Å². The number of carbonyl (C=O) groups excluding carboxylic acids is 1. The summed E-state index contributed by atoms with van der Waals surface area (Å²) >= 11 is 0. The van der Waals surface area contributed by atoms with Crippen LogP contribution in [0.5, 0.6) is 11.5 Å². The van der Waals surface area contributed by atoms with E-state index in [2.05, 4.69) is 25.1 Å². The maximum absolute atomic E-state index is 12.3. The zero-order valence-electron chi connectivity index (χ0n) is 20.1. The quantitative estimate of drug-likeness (QED) is 0.277. The van der Waals surface area contributed by atoms with Crippen molar-refractivity contribution in [3.8, 4) is 11.5 Å². The Labute approximate surface area is 193 Å². The number of carbonyl (C=O) groups is 1. The van der Waals surface area contributed by atoms with Crippen LogP contribution in [0.1, 0.15) is 50.2 Å². The Hall–Kier alpha value is -2.53. The van der Waals surface area contributed by atoms with Gasteiger partial charge in [-0.25, -0.2) is 0 Å². The van der Waals surface area contributed by atoms with Crippen LogP contribution < -0.4 is 9.47 Å². The molecule has 5 heteroatoms. The van der Waals surface area contributed by atoms with E-state index in [0.29, 0.717) is 19.6 Å². The second-order valence-corrected chi connectivity index (χ2v) is 8.46. The van der Waals surface area contributed by atoms with E-state index in [1.54, 1.807) is 7.11 Å². The average molecular weight is 442 g/mol. The van der Waals surface area contributed by atoms with Gasteiger partial charge in [0.15, 0.2) is 0 Å². The van der Waals surface area contributed by atoms with E-state index in [4.69, 9.17) is 14.2 Å². The Bertz CT molecular complexity index is 806. The van der Waals surface area contributed by atoms with Crippen LogP contribution in [0.15, 0.2) is 48.5 Å². The van der Waals surface area contributed by atoms with Gasteiger partial charge in [-0.3, -0.25) is 4.79 Å². The second kappa shape index (κ2) is 14.5. The number of hydrogen-bond donors (Lipinski definition) is 0. The molecule has 0 radical (unpaired) electrons. The number of aryl methyl sites for hydroxylation is 2. The number of likely N-dealkylation sites (N-methyl/N-ethyl adjacent to an activating group) is 1. The molecule has 0 aliphatic carbocycles. The van der Waals surface area contributed by atoms with E-state index in [0.717, 1.165) is 55.6 Å². The molecule has 5 nitrogen and oxygen atoms in total. The van der Waals surface area contributed by atoms with E-state index < -0.39 is 0 Å². The number of methoxy groups -OCH3 is 1. The van der Waals surface area contributed by atoms with Gasteiger partial charge in [-0.15, -0.1) is 0 Å². The number of hydrogen-bond acceptors (Lipinski definition) is 5. The smallest absolute Gasteiger partial charge is 0.306 e. The molecule has 0 fully saturated rings. The fourth-order valence-electron chi connectivity index (χ4n) is 3.61. The SMILES string of the molecule is CCCCCCC(=O)O[C@H](COc1ccccc1CCc1cccc(OC)c1)CN(C)C. The molecular weight excluding hydrogens is 402 g/mol. The second-order valence-electron chi connectivity index (χ2n) is 8.46. The minimum atomic E-state index is -0.296. The summed E-state index contributed by atoms with van der Waals surface area (Å²) in [4.78, 5) is 14.3. The lowest BCUT2D eigenvalue weighted by atomic mass is 10.0. The number of esters is 1. The molecule has 0 unspecified atom stereocenters. The largest absolute Gasteiger partial charge is 0.497 e. The molecule has 2 aromatic rings. The van der Waals surface area contributed by atoms with Crippen molar-refractivity contribution in [2.24, 2.45) is 0 Å². The van der Waals surface area contributed by atoms with Crippen molar-refractivity contribution in [2.75, 3.05) is 34.4 Å². The van der Waals surface area contributed by atoms with Gasteiger partial charge in [-0.05, 0) is 62.7 Å². The van der Waals surface area contributed by atoms with Crippen molar-refractivity contribution in [1.82, 2.24) is 4.90 Å². The highest BCUT2D eigenvalue weighted by Gasteiger charge is 2.17. The zero-order valence-corrected chi connectivity index (χ0v) is 20.1. The van der Waals surface area contributed by atoms with Crippen molar-refractivity contribution in [1.29, 1.82) is 0 Å². The Morgan fingerprint density at radius 1 is 1.00 bits per heavy atom. The first-order valence-corrected chi connectivity index (χ1v) is 11.7. The van der Waals surface area contributed by atoms with Crippen LogP contribution in [0.2, 0.25) is 0 Å². The first-order valence-electron chi connectivity index (χ1n) is 11.7. The number of benzene rings is 2. The first kappa shape index (κ1) is 25.7. The van der Waals surface area contributed by atoms with E-state index in [9.17, 15) is 4.79 Å². The van der Waals surface area contributed by atoms with Crippen molar-refractivity contribution >= 4 is 5.97 Å². The monoisotopic (exact) mass is 441 g/mol. The summed E-state index contributed by atoms with van der Waals surface area (Å²) in [6.45, 7) is 3.14. The molecule has 2 aromatic carbocycles. The van der Waals surface area contributed by atoms with Gasteiger partial charge in [0, 0.05) is 13.0 Å². The summed E-state index contributed by atoms with van der Waals surface area (Å²) in [5.74, 6) is 1.58. The molecule has 0 amide bonds. The topological polar surface area (TPSA) is 48.0 Å². The third-order valence-electron chi connectivity index (χ3n) is 5.32. The average Bonchev–Trinajstić information content (AvgIpc) is 2.79. The van der Waals surface area contributed by atoms with Crippen LogP contribution >= 0.6 is 0 Å². The number of rotatable bonds is 15. The minimum absolute atomic E-state index is 0.136. The molecule has 0 N–H and O–H groups in total. The van der Waals surface area contributed by atoms with Gasteiger partial charge in [0.05, 0.1) is 7.11 Å². The van der Waals surface area contributed by atoms with Gasteiger partial charge in [-0.1, -0.05) is 56.5 Å². The summed E-state index contributed by atoms with van der Waals surface area (Å²) in [5.41, 5.74) is 2.37. The Balaban J connectivity index is 1.93. The summed E-state index contributed by atoms with van der Waals surface area (Å²) in [6, 6.07) is 16.2. The number of nitrogens with zero attached hydrogens (tertiary/aromatic N) is 1. The zero-order chi connectivity index (χ0) is 23.2. The maximum atomic E-state index is 12.3. The highest BCUT2D eigenvalue weighted by atomic mass is 16.6. The molecule has 0 heterocycles. The van der Waals surface area contributed by atoms with E-state index in [1.165, 1.54) is 5.56 Å². The highest BCUT2D eigenvalue weighted by molar-refractivity contribution is 5.69. The Kier molecular flexibility index (Phi) is 11.7. The number of para-hydroxylation sites is 1. The van der Waals surface area contributed by atoms with E-state index in [1.807, 2.05) is 49.3 Å². The number of ether oxygens (including phenoxy) is 3. The molecule has 1 atom stereocenters. The molecule has 0 bridgehead atoms. The van der Waals surface area contributed by atoms with Gasteiger partial charge < -0.3 is 19.1 Å². The molecule has 0 saturated carbocycles. The van der Waals surface area contributed by atoms with Crippen molar-refractivity contribution in [3.05, 3.63) is 59.7 Å². The van der Waals surface area contributed by atoms with Crippen LogP contribution in [0, 0.1) is 0 Å². The summed E-state index contributed by atoms with van der Waals surface area (Å²) in [6.07, 6.45) is 6.20. The summed E-state index contributed by atoms with van der Waals surface area (Å²) in [5, 5.41) is 0. The third-order valence-corrected chi connectivity index (χ3v) is 5.32. The molecule has 32 heavy (non-hydrogen) atoms. The normalized spacial score (nSPS) is 11.9. The maximum Gasteiger partial charge on any atom is 0.306 e. The van der Waals surface area contributed by atoms with Crippen LogP contribution in [-0.2, 0) is 22.4 Å². The Morgan fingerprint density at radius 2 is 1.81 bits per heavy atom. The van der Waals surface area contributed by atoms with Gasteiger partial charge in [0.25, 0.3) is 0 Å². The van der Waals surface area contributed by atoms with Gasteiger partial charge >= 0.3 is 5.97 Å². The molecule has 0 aliphatic rings. The highest BCUT2D eigenvalue weighted by Crippen LogP contribution is 2.22. The third kappa shape index (κ3) is 9.73. The van der Waals surface area contributed by atoms with Gasteiger partial charge in [-0.2, -0.15) is 0 Å². The summed E-state index contributed by atoms with van der Waals surface area (Å²) < 4.78 is 17.2. The Morgan fingerprint density at radius 3 is 2.56 bits per heavy atom. The van der Waals surface area contributed by atoms with E-state index >= 15 is 0 Å². The molecule has 0 aliphatic heterocycles. The first-order chi connectivity index (χ1) is 15.5. The van der Waals surface area contributed by atoms with Crippen LogP contribution in [0.25, 0.3) is 0 Å². The van der Waals surface area contributed by atoms with E-state index in [-0.39, 0.29) is 12.1 Å². The molecular formula is C27H39NO4. The van der Waals surface area contributed by atoms with Crippen LogP contribution in [0.4, 0.5) is 0 Å². The lowest BCUT2D eigenvalue weighted by Gasteiger charge is -2.22. The minimum Gasteiger partial charge on any atom is -0.497 e. The lowest BCUT2D eigenvalue weighted by Crippen LogP contribution is -2.35. The molecule has 0 aromatic heterocycles. The number of unbranched alkanes of at least 4 members (excludes halogenated alkanes) is 3. The molecule has 0 saturated heterocycles. The summed E-state index contributed by atoms with van der Waals surface area (Å²) in [7, 11) is 5.64. The lowest BCUT2D eigenvalue weighted by molar-refractivity contribution is -0.151. The van der Waals surface area contributed by atoms with Crippen molar-refractivity contribution in [2.45, 2.75) is 58.0 Å². The van der Waals surface area contributed by atoms with Gasteiger partial charge in [0.1, 0.15) is 24.2 Å². The molecule has 2 rings (SSSR count). The fraction of sp³-hybridized carbons (Fsp3) is 0.519. The predicted molar refractivity (Wildman–Crippen MR) is 130 cm³/mol. The standard InChI is InChI=1S/C27H39NO4/c1-5-6-7-8-16-27(29)32-25(20-28(2)3)21-31-26-15-10-9-13-23(26)18-17-22-12-11-14-24(19-22)30-4/h9-15,19,25H,5-8,16-18,20-21H2,1-4H3/t25-/m0/s1. The van der Waals surface area contributed by atoms with Crippen molar-refractivity contribution < 1.29 is 19.0 Å². The molecule has 0 spiro atoms. The van der Waals surface area contributed by atoms with Crippen molar-refractivity contribution in [3.63, 3.8) is 0 Å². The molecule has 176 valence electrons. The van der Waals surface area contributed by atoms with Crippen LogP contribution in [0.3, 0.4) is 0 Å².